The predicted octanol–water partition coefficient (Wildman–Crippen LogP) is 6.05. The SMILES string of the molecule is Fc1cccc(-c2nc3cc(N=C/C=C/c4ccccc4)ccc3o2)c1. The molecule has 0 fully saturated rings. The van der Waals surface area contributed by atoms with Crippen LogP contribution in [0.4, 0.5) is 10.1 Å². The van der Waals surface area contributed by atoms with Crippen molar-refractivity contribution >= 4 is 29.1 Å². The van der Waals surface area contributed by atoms with Crippen molar-refractivity contribution in [1.82, 2.24) is 4.98 Å². The van der Waals surface area contributed by atoms with Crippen LogP contribution in [0.1, 0.15) is 5.56 Å². The molecule has 4 rings (SSSR count). The molecule has 126 valence electrons. The van der Waals surface area contributed by atoms with Crippen molar-refractivity contribution < 1.29 is 8.81 Å². The highest BCUT2D eigenvalue weighted by molar-refractivity contribution is 5.83. The number of hydrogen-bond donors (Lipinski definition) is 0. The maximum absolute atomic E-state index is 13.4. The van der Waals surface area contributed by atoms with Gasteiger partial charge in [0.05, 0.1) is 5.69 Å². The largest absolute Gasteiger partial charge is 0.436 e. The maximum Gasteiger partial charge on any atom is 0.227 e. The molecule has 0 unspecified atom stereocenters. The molecule has 0 saturated heterocycles. The van der Waals surface area contributed by atoms with Crippen molar-refractivity contribution in [2.24, 2.45) is 4.99 Å². The number of allylic oxidation sites excluding steroid dienone is 1. The molecule has 4 aromatic rings. The zero-order chi connectivity index (χ0) is 17.8. The van der Waals surface area contributed by atoms with Crippen molar-refractivity contribution in [3.63, 3.8) is 0 Å². The predicted molar refractivity (Wildman–Crippen MR) is 103 cm³/mol. The summed E-state index contributed by atoms with van der Waals surface area (Å²) in [5.74, 6) is 0.0739. The van der Waals surface area contributed by atoms with Crippen LogP contribution in [0.3, 0.4) is 0 Å². The van der Waals surface area contributed by atoms with E-state index < -0.39 is 0 Å². The van der Waals surface area contributed by atoms with Crippen molar-refractivity contribution in [3.05, 3.63) is 90.3 Å². The molecule has 0 radical (unpaired) electrons. The minimum Gasteiger partial charge on any atom is -0.436 e. The third-order valence-electron chi connectivity index (χ3n) is 3.84. The molecular weight excluding hydrogens is 327 g/mol. The second-order valence-corrected chi connectivity index (χ2v) is 5.73. The van der Waals surface area contributed by atoms with Crippen molar-refractivity contribution in [1.29, 1.82) is 0 Å². The van der Waals surface area contributed by atoms with Gasteiger partial charge < -0.3 is 4.42 Å². The molecule has 1 aromatic heterocycles. The Morgan fingerprint density at radius 2 is 1.81 bits per heavy atom. The Morgan fingerprint density at radius 1 is 0.923 bits per heavy atom. The van der Waals surface area contributed by atoms with Crippen molar-refractivity contribution in [2.75, 3.05) is 0 Å². The van der Waals surface area contributed by atoms with Crippen LogP contribution in [0.2, 0.25) is 0 Å². The van der Waals surface area contributed by atoms with Crippen LogP contribution in [0.25, 0.3) is 28.6 Å². The van der Waals surface area contributed by atoms with Gasteiger partial charge in [0.1, 0.15) is 11.3 Å². The molecule has 4 heteroatoms. The molecule has 0 amide bonds. The van der Waals surface area contributed by atoms with E-state index in [1.165, 1.54) is 12.1 Å². The highest BCUT2D eigenvalue weighted by atomic mass is 19.1. The van der Waals surface area contributed by atoms with Gasteiger partial charge >= 0.3 is 0 Å². The number of aromatic nitrogens is 1. The Kier molecular flexibility index (Phi) is 4.39. The number of hydrogen-bond acceptors (Lipinski definition) is 3. The standard InChI is InChI=1S/C22H15FN2O/c23-18-10-4-9-17(14-18)22-25-20-15-19(11-12-21(20)26-22)24-13-5-8-16-6-2-1-3-7-16/h1-15H/b8-5+,24-13?. The molecule has 0 N–H and O–H groups in total. The van der Waals surface area contributed by atoms with Crippen LogP contribution in [0.15, 0.2) is 88.3 Å². The van der Waals surface area contributed by atoms with E-state index in [1.807, 2.05) is 60.7 Å². The number of halogens is 1. The van der Waals surface area contributed by atoms with Gasteiger partial charge in [0.15, 0.2) is 5.58 Å². The van der Waals surface area contributed by atoms with Crippen LogP contribution in [-0.4, -0.2) is 11.2 Å². The maximum atomic E-state index is 13.4. The summed E-state index contributed by atoms with van der Waals surface area (Å²) < 4.78 is 19.1. The summed E-state index contributed by atoms with van der Waals surface area (Å²) in [6.45, 7) is 0. The molecule has 0 saturated carbocycles. The summed E-state index contributed by atoms with van der Waals surface area (Å²) >= 11 is 0. The van der Waals surface area contributed by atoms with Crippen LogP contribution >= 0.6 is 0 Å². The number of aliphatic imine (C=N–C) groups is 1. The zero-order valence-electron chi connectivity index (χ0n) is 13.8. The second kappa shape index (κ2) is 7.15. The Labute approximate surface area is 150 Å². The summed E-state index contributed by atoms with van der Waals surface area (Å²) in [6, 6.07) is 21.7. The first kappa shape index (κ1) is 16.0. The van der Waals surface area contributed by atoms with E-state index in [2.05, 4.69) is 9.98 Å². The Balaban J connectivity index is 1.56. The highest BCUT2D eigenvalue weighted by Crippen LogP contribution is 2.27. The summed E-state index contributed by atoms with van der Waals surface area (Å²) in [4.78, 5) is 8.85. The fraction of sp³-hybridized carbons (Fsp3) is 0. The lowest BCUT2D eigenvalue weighted by Gasteiger charge is -1.93. The molecule has 26 heavy (non-hydrogen) atoms. The number of benzene rings is 3. The van der Waals surface area contributed by atoms with Crippen LogP contribution in [-0.2, 0) is 0 Å². The van der Waals surface area contributed by atoms with Crippen molar-refractivity contribution in [3.8, 4) is 11.5 Å². The second-order valence-electron chi connectivity index (χ2n) is 5.73. The van der Waals surface area contributed by atoms with Gasteiger partial charge in [0, 0.05) is 11.8 Å². The van der Waals surface area contributed by atoms with Gasteiger partial charge in [0.2, 0.25) is 5.89 Å². The van der Waals surface area contributed by atoms with Gasteiger partial charge in [-0.3, -0.25) is 4.99 Å². The van der Waals surface area contributed by atoms with Crippen molar-refractivity contribution in [2.45, 2.75) is 0 Å². The smallest absolute Gasteiger partial charge is 0.227 e. The minimum atomic E-state index is -0.319. The summed E-state index contributed by atoms with van der Waals surface area (Å²) in [5, 5.41) is 0. The van der Waals surface area contributed by atoms with E-state index in [0.29, 0.717) is 22.6 Å². The number of fused-ring (bicyclic) bond motifs is 1. The lowest BCUT2D eigenvalue weighted by atomic mass is 10.2. The summed E-state index contributed by atoms with van der Waals surface area (Å²) in [7, 11) is 0. The third-order valence-corrected chi connectivity index (χ3v) is 3.84. The summed E-state index contributed by atoms with van der Waals surface area (Å²) in [5.41, 5.74) is 3.82. The van der Waals surface area contributed by atoms with E-state index in [0.717, 1.165) is 11.3 Å². The molecule has 0 aliphatic heterocycles. The number of rotatable bonds is 4. The zero-order valence-corrected chi connectivity index (χ0v) is 13.8. The lowest BCUT2D eigenvalue weighted by Crippen LogP contribution is -1.78. The Hall–Kier alpha value is -3.53. The quantitative estimate of drug-likeness (QED) is 0.423. The van der Waals surface area contributed by atoms with Gasteiger partial charge in [-0.05, 0) is 48.0 Å². The third kappa shape index (κ3) is 3.59. The van der Waals surface area contributed by atoms with E-state index in [-0.39, 0.29) is 5.82 Å². The van der Waals surface area contributed by atoms with E-state index in [9.17, 15) is 4.39 Å². The van der Waals surface area contributed by atoms with Crippen LogP contribution < -0.4 is 0 Å². The molecule has 0 atom stereocenters. The van der Waals surface area contributed by atoms with Gasteiger partial charge in [0.25, 0.3) is 0 Å². The first-order chi connectivity index (χ1) is 12.8. The fourth-order valence-corrected chi connectivity index (χ4v) is 2.59. The monoisotopic (exact) mass is 342 g/mol. The minimum absolute atomic E-state index is 0.319. The van der Waals surface area contributed by atoms with E-state index in [1.54, 1.807) is 18.3 Å². The molecule has 0 spiro atoms. The molecule has 0 bridgehead atoms. The Bertz CT molecular complexity index is 1100. The van der Waals surface area contributed by atoms with Gasteiger partial charge in [-0.1, -0.05) is 42.5 Å². The molecule has 0 aliphatic rings. The lowest BCUT2D eigenvalue weighted by molar-refractivity contribution is 0.611. The highest BCUT2D eigenvalue weighted by Gasteiger charge is 2.09. The normalized spacial score (nSPS) is 11.7. The molecular formula is C22H15FN2O. The van der Waals surface area contributed by atoms with Crippen LogP contribution in [0, 0.1) is 5.82 Å². The molecule has 1 heterocycles. The average Bonchev–Trinajstić information content (AvgIpc) is 3.10. The topological polar surface area (TPSA) is 38.4 Å². The molecule has 0 aliphatic carbocycles. The first-order valence-electron chi connectivity index (χ1n) is 8.20. The van der Waals surface area contributed by atoms with Gasteiger partial charge in [-0.2, -0.15) is 0 Å². The van der Waals surface area contributed by atoms with Gasteiger partial charge in [-0.15, -0.1) is 0 Å². The summed E-state index contributed by atoms with van der Waals surface area (Å²) in [6.07, 6.45) is 5.61. The average molecular weight is 342 g/mol. The van der Waals surface area contributed by atoms with Crippen LogP contribution in [0.5, 0.6) is 0 Å². The van der Waals surface area contributed by atoms with E-state index >= 15 is 0 Å². The van der Waals surface area contributed by atoms with Gasteiger partial charge in [-0.25, -0.2) is 9.37 Å². The first-order valence-corrected chi connectivity index (χ1v) is 8.20. The van der Waals surface area contributed by atoms with E-state index in [4.69, 9.17) is 4.42 Å². The molecule has 3 aromatic carbocycles. The Morgan fingerprint density at radius 3 is 2.65 bits per heavy atom. The molecule has 3 nitrogen and oxygen atoms in total. The number of oxazole rings is 1. The number of nitrogens with zero attached hydrogens (tertiary/aromatic N) is 2. The fourth-order valence-electron chi connectivity index (χ4n) is 2.59.